The van der Waals surface area contributed by atoms with Crippen LogP contribution in [0, 0.1) is 18.7 Å². The number of amides is 2. The minimum absolute atomic E-state index is 0.0669. The maximum atomic E-state index is 14.9. The maximum absolute atomic E-state index is 14.9. The van der Waals surface area contributed by atoms with Crippen molar-refractivity contribution < 1.29 is 22.4 Å². The molecule has 0 aliphatic rings. The van der Waals surface area contributed by atoms with Gasteiger partial charge in [-0.2, -0.15) is 0 Å². The zero-order valence-electron chi connectivity index (χ0n) is 22.8. The van der Waals surface area contributed by atoms with Crippen LogP contribution in [0.4, 0.5) is 10.1 Å². The zero-order valence-corrected chi connectivity index (χ0v) is 23.6. The molecule has 0 aliphatic carbocycles. The quantitative estimate of drug-likeness (QED) is 0.356. The van der Waals surface area contributed by atoms with Crippen LogP contribution in [0.1, 0.15) is 31.9 Å². The summed E-state index contributed by atoms with van der Waals surface area (Å²) >= 11 is 0. The first kappa shape index (κ1) is 29.8. The number of aryl methyl sites for hydroxylation is 1. The first-order chi connectivity index (χ1) is 18.5. The number of hydrogen-bond acceptors (Lipinski definition) is 4. The van der Waals surface area contributed by atoms with Gasteiger partial charge in [0.2, 0.25) is 11.8 Å². The van der Waals surface area contributed by atoms with Crippen molar-refractivity contribution in [3.8, 4) is 0 Å². The number of para-hydroxylation sites is 1. The topological polar surface area (TPSA) is 86.8 Å². The van der Waals surface area contributed by atoms with E-state index in [2.05, 4.69) is 5.32 Å². The Morgan fingerprint density at radius 2 is 1.51 bits per heavy atom. The number of carbonyl (C=O) groups excluding carboxylic acids is 2. The minimum atomic E-state index is -4.31. The molecule has 0 unspecified atom stereocenters. The van der Waals surface area contributed by atoms with Crippen LogP contribution in [0.25, 0.3) is 0 Å². The number of nitrogens with zero attached hydrogens (tertiary/aromatic N) is 2. The summed E-state index contributed by atoms with van der Waals surface area (Å²) in [6, 6.07) is 20.2. The van der Waals surface area contributed by atoms with Crippen molar-refractivity contribution in [2.75, 3.05) is 23.9 Å². The van der Waals surface area contributed by atoms with Crippen LogP contribution >= 0.6 is 0 Å². The van der Waals surface area contributed by atoms with Crippen LogP contribution in [0.3, 0.4) is 0 Å². The van der Waals surface area contributed by atoms with E-state index < -0.39 is 34.3 Å². The van der Waals surface area contributed by atoms with Crippen LogP contribution in [0.15, 0.2) is 83.8 Å². The van der Waals surface area contributed by atoms with Crippen molar-refractivity contribution in [3.63, 3.8) is 0 Å². The van der Waals surface area contributed by atoms with Gasteiger partial charge in [-0.3, -0.25) is 13.9 Å². The molecule has 208 valence electrons. The predicted octanol–water partition coefficient (Wildman–Crippen LogP) is 4.56. The number of anilines is 1. The SMILES string of the molecule is Cc1ccc(S(=O)(=O)N(CC(=O)N(CCc2ccccc2)[C@@H](C)C(=O)NCC(C)C)c2ccccc2F)cc1. The highest BCUT2D eigenvalue weighted by Gasteiger charge is 2.33. The van der Waals surface area contributed by atoms with Gasteiger partial charge in [0.05, 0.1) is 10.6 Å². The van der Waals surface area contributed by atoms with Crippen LogP contribution in [0.5, 0.6) is 0 Å². The molecule has 3 aromatic rings. The molecule has 0 bridgehead atoms. The van der Waals surface area contributed by atoms with E-state index in [1.807, 2.05) is 51.1 Å². The third kappa shape index (κ3) is 7.89. The van der Waals surface area contributed by atoms with Gasteiger partial charge in [0.15, 0.2) is 0 Å². The van der Waals surface area contributed by atoms with Crippen molar-refractivity contribution in [3.05, 3.63) is 95.8 Å². The Kier molecular flexibility index (Phi) is 10.2. The average molecular weight is 554 g/mol. The zero-order chi connectivity index (χ0) is 28.6. The number of rotatable bonds is 12. The molecule has 0 fully saturated rings. The van der Waals surface area contributed by atoms with Gasteiger partial charge in [-0.25, -0.2) is 12.8 Å². The van der Waals surface area contributed by atoms with E-state index >= 15 is 0 Å². The minimum Gasteiger partial charge on any atom is -0.354 e. The molecule has 0 radical (unpaired) electrons. The van der Waals surface area contributed by atoms with Gasteiger partial charge in [0, 0.05) is 13.1 Å². The molecule has 7 nitrogen and oxygen atoms in total. The van der Waals surface area contributed by atoms with Crippen LogP contribution in [-0.2, 0) is 26.0 Å². The second-order valence-electron chi connectivity index (χ2n) is 9.91. The van der Waals surface area contributed by atoms with E-state index in [9.17, 15) is 22.4 Å². The first-order valence-corrected chi connectivity index (χ1v) is 14.4. The van der Waals surface area contributed by atoms with E-state index in [1.165, 1.54) is 35.2 Å². The highest BCUT2D eigenvalue weighted by Crippen LogP contribution is 2.27. The number of hydrogen-bond donors (Lipinski definition) is 1. The largest absolute Gasteiger partial charge is 0.354 e. The average Bonchev–Trinajstić information content (AvgIpc) is 2.91. The number of halogens is 1. The molecule has 0 aromatic heterocycles. The number of carbonyl (C=O) groups is 2. The summed E-state index contributed by atoms with van der Waals surface area (Å²) < 4.78 is 43.2. The molecule has 0 saturated heterocycles. The normalized spacial score (nSPS) is 12.2. The second-order valence-corrected chi connectivity index (χ2v) is 11.8. The Balaban J connectivity index is 1.97. The van der Waals surface area contributed by atoms with Crippen molar-refractivity contribution >= 4 is 27.5 Å². The molecule has 3 aromatic carbocycles. The lowest BCUT2D eigenvalue weighted by molar-refractivity contribution is -0.138. The van der Waals surface area contributed by atoms with Gasteiger partial charge in [0.1, 0.15) is 18.4 Å². The van der Waals surface area contributed by atoms with Gasteiger partial charge in [0.25, 0.3) is 10.0 Å². The molecular weight excluding hydrogens is 517 g/mol. The Morgan fingerprint density at radius 3 is 2.13 bits per heavy atom. The molecule has 9 heteroatoms. The van der Waals surface area contributed by atoms with Crippen molar-refractivity contribution in [1.82, 2.24) is 10.2 Å². The molecule has 39 heavy (non-hydrogen) atoms. The monoisotopic (exact) mass is 553 g/mol. The summed E-state index contributed by atoms with van der Waals surface area (Å²) in [5.41, 5.74) is 1.57. The summed E-state index contributed by atoms with van der Waals surface area (Å²) in [6.07, 6.45) is 0.457. The summed E-state index contributed by atoms with van der Waals surface area (Å²) in [7, 11) is -4.31. The number of sulfonamides is 1. The highest BCUT2D eigenvalue weighted by molar-refractivity contribution is 7.92. The van der Waals surface area contributed by atoms with Crippen molar-refractivity contribution in [2.24, 2.45) is 5.92 Å². The first-order valence-electron chi connectivity index (χ1n) is 13.0. The Morgan fingerprint density at radius 1 is 0.897 bits per heavy atom. The van der Waals surface area contributed by atoms with Gasteiger partial charge >= 0.3 is 0 Å². The van der Waals surface area contributed by atoms with Gasteiger partial charge in [-0.15, -0.1) is 0 Å². The number of benzene rings is 3. The molecule has 0 aliphatic heterocycles. The Hall–Kier alpha value is -3.72. The molecule has 0 saturated carbocycles. The second kappa shape index (κ2) is 13.4. The van der Waals surface area contributed by atoms with E-state index in [-0.39, 0.29) is 29.0 Å². The third-order valence-electron chi connectivity index (χ3n) is 6.35. The van der Waals surface area contributed by atoms with Crippen LogP contribution in [-0.4, -0.2) is 50.8 Å². The van der Waals surface area contributed by atoms with Crippen molar-refractivity contribution in [1.29, 1.82) is 0 Å². The van der Waals surface area contributed by atoms with Crippen LogP contribution < -0.4 is 9.62 Å². The molecule has 2 amide bonds. The fraction of sp³-hybridized carbons (Fsp3) is 0.333. The van der Waals surface area contributed by atoms with Gasteiger partial charge in [-0.05, 0) is 56.0 Å². The summed E-state index contributed by atoms with van der Waals surface area (Å²) in [5.74, 6) is -1.52. The molecular formula is C30H36FN3O4S. The van der Waals surface area contributed by atoms with E-state index in [0.29, 0.717) is 13.0 Å². The fourth-order valence-corrected chi connectivity index (χ4v) is 5.45. The summed E-state index contributed by atoms with van der Waals surface area (Å²) in [4.78, 5) is 28.1. The third-order valence-corrected chi connectivity index (χ3v) is 8.12. The van der Waals surface area contributed by atoms with Crippen LogP contribution in [0.2, 0.25) is 0 Å². The maximum Gasteiger partial charge on any atom is 0.264 e. The fourth-order valence-electron chi connectivity index (χ4n) is 4.03. The summed E-state index contributed by atoms with van der Waals surface area (Å²) in [5, 5.41) is 2.85. The lowest BCUT2D eigenvalue weighted by Crippen LogP contribution is -2.52. The Labute approximate surface area is 230 Å². The van der Waals surface area contributed by atoms with Crippen molar-refractivity contribution in [2.45, 2.75) is 45.1 Å². The van der Waals surface area contributed by atoms with Gasteiger partial charge < -0.3 is 10.2 Å². The van der Waals surface area contributed by atoms with Gasteiger partial charge in [-0.1, -0.05) is 74.0 Å². The molecule has 1 N–H and O–H groups in total. The molecule has 3 rings (SSSR count). The molecule has 0 spiro atoms. The van der Waals surface area contributed by atoms with E-state index in [4.69, 9.17) is 0 Å². The number of nitrogens with one attached hydrogen (secondary N) is 1. The predicted molar refractivity (Wildman–Crippen MR) is 151 cm³/mol. The van der Waals surface area contributed by atoms with E-state index in [1.54, 1.807) is 19.1 Å². The lowest BCUT2D eigenvalue weighted by Gasteiger charge is -2.32. The Bertz CT molecular complexity index is 1360. The lowest BCUT2D eigenvalue weighted by atomic mass is 10.1. The molecule has 0 heterocycles. The smallest absolute Gasteiger partial charge is 0.264 e. The standard InChI is InChI=1S/C30H36FN3O4S/c1-22(2)20-32-30(36)24(4)33(19-18-25-10-6-5-7-11-25)29(35)21-34(28-13-9-8-12-27(28)31)39(37,38)26-16-14-23(3)15-17-26/h5-17,22,24H,18-21H2,1-4H3,(H,32,36)/t24-/m0/s1. The van der Waals surface area contributed by atoms with E-state index in [0.717, 1.165) is 21.5 Å². The summed E-state index contributed by atoms with van der Waals surface area (Å²) in [6.45, 7) is 7.30. The molecule has 1 atom stereocenters. The highest BCUT2D eigenvalue weighted by atomic mass is 32.2.